The molecule has 1 aliphatic rings. The van der Waals surface area contributed by atoms with E-state index in [2.05, 4.69) is 0 Å². The van der Waals surface area contributed by atoms with Crippen LogP contribution in [0.15, 0.2) is 22.0 Å². The number of halogens is 1. The summed E-state index contributed by atoms with van der Waals surface area (Å²) in [5.41, 5.74) is 0. The zero-order valence-corrected chi connectivity index (χ0v) is 5.79. The van der Waals surface area contributed by atoms with Gasteiger partial charge >= 0.3 is 0 Å². The van der Waals surface area contributed by atoms with Gasteiger partial charge in [-0.15, -0.1) is 0 Å². The minimum absolute atomic E-state index is 0.146. The molecule has 0 aliphatic carbocycles. The van der Waals surface area contributed by atoms with Crippen molar-refractivity contribution in [2.45, 2.75) is 0 Å². The molecule has 2 heteroatoms. The lowest BCUT2D eigenvalue weighted by molar-refractivity contribution is 0.434. The second kappa shape index (κ2) is 2.26. The van der Waals surface area contributed by atoms with Gasteiger partial charge in [-0.3, -0.25) is 0 Å². The van der Waals surface area contributed by atoms with E-state index >= 15 is 0 Å². The molecular formula is C5H5IO. The van der Waals surface area contributed by atoms with Gasteiger partial charge in [0.1, 0.15) is 5.76 Å². The van der Waals surface area contributed by atoms with Gasteiger partial charge in [0.25, 0.3) is 0 Å². The highest BCUT2D eigenvalue weighted by atomic mass is 127. The minimum Gasteiger partial charge on any atom is -0.508 e. The summed E-state index contributed by atoms with van der Waals surface area (Å²) in [7, 11) is 0. The van der Waals surface area contributed by atoms with E-state index in [0.29, 0.717) is 5.76 Å². The molecule has 0 fully saturated rings. The van der Waals surface area contributed by atoms with Gasteiger partial charge in [-0.2, -0.15) is 0 Å². The van der Waals surface area contributed by atoms with Gasteiger partial charge in [0, 0.05) is 0 Å². The van der Waals surface area contributed by atoms with Crippen molar-refractivity contribution in [2.24, 2.45) is 0 Å². The summed E-state index contributed by atoms with van der Waals surface area (Å²) < 4.78 is 4.04. The molecule has 0 aromatic carbocycles. The number of aliphatic hydroxyl groups excluding tert-OH is 1. The third-order valence-corrected chi connectivity index (χ3v) is 2.16. The fourth-order valence-electron chi connectivity index (χ4n) is 0.299. The summed E-state index contributed by atoms with van der Waals surface area (Å²) >= 11 is 0.146. The lowest BCUT2D eigenvalue weighted by Crippen LogP contribution is -1.74. The van der Waals surface area contributed by atoms with Crippen LogP contribution < -0.4 is 0 Å². The Bertz CT molecular complexity index is 144. The largest absolute Gasteiger partial charge is 0.508 e. The number of rotatable bonds is 0. The van der Waals surface area contributed by atoms with Crippen LogP contribution in [0.3, 0.4) is 0 Å². The number of aliphatic hydroxyl groups is 1. The molecule has 1 heterocycles. The fourth-order valence-corrected chi connectivity index (χ4v) is 1.69. The summed E-state index contributed by atoms with van der Waals surface area (Å²) in [5, 5.41) is 8.67. The van der Waals surface area contributed by atoms with Crippen molar-refractivity contribution in [2.75, 3.05) is 0 Å². The molecule has 0 amide bonds. The Morgan fingerprint density at radius 1 is 1.57 bits per heavy atom. The highest BCUT2D eigenvalue weighted by Gasteiger charge is 1.82. The van der Waals surface area contributed by atoms with Crippen LogP contribution in [0.5, 0.6) is 0 Å². The first-order valence-corrected chi connectivity index (χ1v) is 4.40. The summed E-state index contributed by atoms with van der Waals surface area (Å²) in [4.78, 5) is 0. The first-order chi connectivity index (χ1) is 3.39. The third-order valence-electron chi connectivity index (χ3n) is 0.613. The highest BCUT2D eigenvalue weighted by molar-refractivity contribution is 14.2. The predicted molar refractivity (Wildman–Crippen MR) is 39.9 cm³/mol. The van der Waals surface area contributed by atoms with Crippen LogP contribution >= 0.6 is 20.7 Å². The van der Waals surface area contributed by atoms with Gasteiger partial charge in [-0.1, -0.05) is 20.7 Å². The van der Waals surface area contributed by atoms with E-state index in [4.69, 9.17) is 5.11 Å². The van der Waals surface area contributed by atoms with Crippen molar-refractivity contribution in [3.63, 3.8) is 0 Å². The minimum atomic E-state index is 0.146. The second-order valence-electron chi connectivity index (χ2n) is 1.14. The van der Waals surface area contributed by atoms with Gasteiger partial charge in [0.05, 0.1) is 0 Å². The molecule has 1 nitrogen and oxygen atoms in total. The van der Waals surface area contributed by atoms with E-state index < -0.39 is 0 Å². The Hall–Kier alpha value is -0.120. The molecule has 0 saturated heterocycles. The summed E-state index contributed by atoms with van der Waals surface area (Å²) in [6, 6.07) is 0. The number of hydrogen-bond donors (Lipinski definition) is 1. The SMILES string of the molecule is OC1=CC=IC=C1. The molecule has 0 unspecified atom stereocenters. The van der Waals surface area contributed by atoms with Gasteiger partial charge < -0.3 is 5.11 Å². The molecular weight excluding hydrogens is 203 g/mol. The summed E-state index contributed by atoms with van der Waals surface area (Å²) in [6.45, 7) is 0. The van der Waals surface area contributed by atoms with Crippen LogP contribution in [0.25, 0.3) is 0 Å². The molecule has 0 aromatic rings. The zero-order valence-electron chi connectivity index (χ0n) is 3.63. The molecule has 1 rings (SSSR count). The Morgan fingerprint density at radius 2 is 2.43 bits per heavy atom. The van der Waals surface area contributed by atoms with Crippen molar-refractivity contribution in [3.8, 4) is 0 Å². The van der Waals surface area contributed by atoms with E-state index in [9.17, 15) is 0 Å². The van der Waals surface area contributed by atoms with Crippen molar-refractivity contribution < 1.29 is 5.11 Å². The number of allylic oxidation sites excluding steroid dienone is 2. The maximum Gasteiger partial charge on any atom is 0.116 e. The maximum atomic E-state index is 8.67. The van der Waals surface area contributed by atoms with E-state index in [1.807, 2.05) is 8.09 Å². The zero-order chi connectivity index (χ0) is 5.11. The average Bonchev–Trinajstić information content (AvgIpc) is 1.69. The van der Waals surface area contributed by atoms with Gasteiger partial charge in [0.2, 0.25) is 0 Å². The van der Waals surface area contributed by atoms with Crippen molar-refractivity contribution in [1.29, 1.82) is 0 Å². The van der Waals surface area contributed by atoms with Gasteiger partial charge in [0.15, 0.2) is 0 Å². The molecule has 0 radical (unpaired) electrons. The molecule has 0 bridgehead atoms. The Balaban J connectivity index is 2.82. The topological polar surface area (TPSA) is 20.2 Å². The molecule has 1 N–H and O–H groups in total. The monoisotopic (exact) mass is 208 g/mol. The first-order valence-electron chi connectivity index (χ1n) is 1.90. The Morgan fingerprint density at radius 3 is 2.71 bits per heavy atom. The van der Waals surface area contributed by atoms with Gasteiger partial charge in [-0.05, 0) is 20.2 Å². The van der Waals surface area contributed by atoms with E-state index in [0.717, 1.165) is 0 Å². The van der Waals surface area contributed by atoms with Crippen LogP contribution in [0.1, 0.15) is 0 Å². The van der Waals surface area contributed by atoms with Crippen molar-refractivity contribution in [3.05, 3.63) is 22.0 Å². The fraction of sp³-hybridized carbons (Fsp3) is 0. The predicted octanol–water partition coefficient (Wildman–Crippen LogP) is 1.73. The van der Waals surface area contributed by atoms with Crippen LogP contribution in [0.2, 0.25) is 0 Å². The standard InChI is InChI=1S/C5H5IO/c7-5-1-3-6-4-2-5/h1-4,7H. The number of hydrogen-bond acceptors (Lipinski definition) is 1. The molecule has 0 aromatic heterocycles. The van der Waals surface area contributed by atoms with E-state index in [1.165, 1.54) is 0 Å². The Kier molecular flexibility index (Phi) is 1.62. The van der Waals surface area contributed by atoms with Crippen LogP contribution in [-0.4, -0.2) is 9.12 Å². The second-order valence-corrected chi connectivity index (χ2v) is 3.29. The first kappa shape index (κ1) is 5.03. The van der Waals surface area contributed by atoms with E-state index in [-0.39, 0.29) is 20.7 Å². The molecule has 0 saturated carbocycles. The summed E-state index contributed by atoms with van der Waals surface area (Å²) in [6.07, 6.45) is 3.49. The molecule has 7 heavy (non-hydrogen) atoms. The quantitative estimate of drug-likeness (QED) is 0.601. The van der Waals surface area contributed by atoms with Crippen LogP contribution in [0, 0.1) is 0 Å². The lowest BCUT2D eigenvalue weighted by atomic mass is 10.5. The van der Waals surface area contributed by atoms with E-state index in [1.54, 1.807) is 12.2 Å². The molecule has 1 aliphatic heterocycles. The normalized spacial score (nSPS) is 18.0. The molecule has 0 atom stereocenters. The van der Waals surface area contributed by atoms with Crippen LogP contribution in [-0.2, 0) is 0 Å². The third kappa shape index (κ3) is 1.43. The van der Waals surface area contributed by atoms with Gasteiger partial charge in [-0.25, -0.2) is 0 Å². The average molecular weight is 208 g/mol. The summed E-state index contributed by atoms with van der Waals surface area (Å²) in [5.74, 6) is 0.381. The molecule has 38 valence electrons. The Labute approximate surface area is 52.1 Å². The van der Waals surface area contributed by atoms with Crippen molar-refractivity contribution >= 4 is 24.7 Å². The maximum absolute atomic E-state index is 8.67. The lowest BCUT2D eigenvalue weighted by Gasteiger charge is -1.88. The van der Waals surface area contributed by atoms with Crippen LogP contribution in [0.4, 0.5) is 0 Å². The highest BCUT2D eigenvalue weighted by Crippen LogP contribution is 2.05. The molecule has 0 spiro atoms. The van der Waals surface area contributed by atoms with Crippen molar-refractivity contribution in [1.82, 2.24) is 0 Å². The smallest absolute Gasteiger partial charge is 0.116 e.